The molecule has 0 radical (unpaired) electrons. The van der Waals surface area contributed by atoms with Crippen LogP contribution in [0.2, 0.25) is 5.02 Å². The fourth-order valence-corrected chi connectivity index (χ4v) is 2.84. The molecule has 0 spiro atoms. The van der Waals surface area contributed by atoms with Crippen LogP contribution in [0.3, 0.4) is 0 Å². The Kier molecular flexibility index (Phi) is 5.48. The van der Waals surface area contributed by atoms with Gasteiger partial charge in [-0.2, -0.15) is 0 Å². The number of hydrogen-bond acceptors (Lipinski definition) is 3. The predicted molar refractivity (Wildman–Crippen MR) is 94.9 cm³/mol. The van der Waals surface area contributed by atoms with E-state index < -0.39 is 0 Å². The molecule has 3 nitrogen and oxygen atoms in total. The monoisotopic (exact) mass is 381 g/mol. The highest BCUT2D eigenvalue weighted by molar-refractivity contribution is 9.10. The van der Waals surface area contributed by atoms with Gasteiger partial charge in [-0.15, -0.1) is 0 Å². The molecular formula is C17H17BrClNO2. The maximum absolute atomic E-state index is 9.94. The number of aromatic hydroxyl groups is 2. The van der Waals surface area contributed by atoms with Gasteiger partial charge in [-0.05, 0) is 42.2 Å². The minimum Gasteiger partial charge on any atom is -0.506 e. The van der Waals surface area contributed by atoms with Crippen LogP contribution in [0.4, 0.5) is 5.69 Å². The number of aliphatic imine (C=N–C) groups is 1. The highest BCUT2D eigenvalue weighted by atomic mass is 79.9. The molecule has 0 aliphatic heterocycles. The molecule has 0 saturated heterocycles. The number of benzene rings is 2. The van der Waals surface area contributed by atoms with Crippen LogP contribution in [-0.2, 0) is 0 Å². The van der Waals surface area contributed by atoms with Gasteiger partial charge in [-0.25, -0.2) is 0 Å². The van der Waals surface area contributed by atoms with E-state index in [4.69, 9.17) is 11.6 Å². The standard InChI is InChI=1S/C17H17BrClNO2/c1-3-10(2)11-4-5-16(21)15(7-11)20-9-12-6-13(18)8-14(19)17(12)22/h4-10,21-22H,3H2,1-2H3. The van der Waals surface area contributed by atoms with Crippen LogP contribution in [0.25, 0.3) is 0 Å². The Labute approximate surface area is 143 Å². The van der Waals surface area contributed by atoms with E-state index in [0.717, 1.165) is 16.5 Å². The fraction of sp³-hybridized carbons (Fsp3) is 0.235. The van der Waals surface area contributed by atoms with Crippen molar-refractivity contribution in [1.29, 1.82) is 0 Å². The van der Waals surface area contributed by atoms with Crippen molar-refractivity contribution < 1.29 is 10.2 Å². The van der Waals surface area contributed by atoms with E-state index in [1.165, 1.54) is 6.21 Å². The van der Waals surface area contributed by atoms with Crippen molar-refractivity contribution in [3.63, 3.8) is 0 Å². The Bertz CT molecular complexity index is 716. The third kappa shape index (κ3) is 3.81. The van der Waals surface area contributed by atoms with Gasteiger partial charge in [0.25, 0.3) is 0 Å². The predicted octanol–water partition coefficient (Wildman–Crippen LogP) is 5.78. The van der Waals surface area contributed by atoms with Gasteiger partial charge >= 0.3 is 0 Å². The molecule has 0 aliphatic carbocycles. The minimum atomic E-state index is -0.0359. The van der Waals surface area contributed by atoms with Gasteiger partial charge in [-0.3, -0.25) is 4.99 Å². The van der Waals surface area contributed by atoms with Crippen molar-refractivity contribution in [2.45, 2.75) is 26.2 Å². The lowest BCUT2D eigenvalue weighted by Crippen LogP contribution is -1.90. The Morgan fingerprint density at radius 3 is 2.68 bits per heavy atom. The second-order valence-corrected chi connectivity index (χ2v) is 6.46. The first-order valence-electron chi connectivity index (χ1n) is 6.97. The van der Waals surface area contributed by atoms with E-state index in [1.54, 1.807) is 18.2 Å². The van der Waals surface area contributed by atoms with Crippen LogP contribution in [-0.4, -0.2) is 16.4 Å². The number of rotatable bonds is 4. The molecule has 0 aliphatic rings. The van der Waals surface area contributed by atoms with E-state index >= 15 is 0 Å². The highest BCUT2D eigenvalue weighted by Crippen LogP contribution is 2.33. The van der Waals surface area contributed by atoms with E-state index in [1.807, 2.05) is 12.1 Å². The van der Waals surface area contributed by atoms with Crippen LogP contribution in [0.1, 0.15) is 37.3 Å². The van der Waals surface area contributed by atoms with E-state index in [9.17, 15) is 10.2 Å². The molecule has 0 saturated carbocycles. The molecule has 2 N–H and O–H groups in total. The van der Waals surface area contributed by atoms with E-state index in [0.29, 0.717) is 17.2 Å². The maximum Gasteiger partial charge on any atom is 0.143 e. The zero-order valence-corrected chi connectivity index (χ0v) is 14.7. The van der Waals surface area contributed by atoms with Crippen LogP contribution < -0.4 is 0 Å². The van der Waals surface area contributed by atoms with E-state index in [-0.39, 0.29) is 16.5 Å². The Hall–Kier alpha value is -1.52. The largest absolute Gasteiger partial charge is 0.506 e. The number of nitrogens with zero attached hydrogens (tertiary/aromatic N) is 1. The van der Waals surface area contributed by atoms with Gasteiger partial charge in [0.1, 0.15) is 17.2 Å². The number of phenolic OH excluding ortho intramolecular Hbond substituents is 2. The summed E-state index contributed by atoms with van der Waals surface area (Å²) in [5.41, 5.74) is 2.06. The average Bonchev–Trinajstić information content (AvgIpc) is 2.50. The zero-order valence-electron chi connectivity index (χ0n) is 12.3. The summed E-state index contributed by atoms with van der Waals surface area (Å²) in [6.45, 7) is 4.24. The Morgan fingerprint density at radius 1 is 1.27 bits per heavy atom. The molecule has 116 valence electrons. The molecule has 2 rings (SSSR count). The van der Waals surface area contributed by atoms with Crippen molar-refractivity contribution >= 4 is 39.4 Å². The number of phenols is 2. The summed E-state index contributed by atoms with van der Waals surface area (Å²) in [4.78, 5) is 4.28. The summed E-state index contributed by atoms with van der Waals surface area (Å²) in [7, 11) is 0. The SMILES string of the molecule is CCC(C)c1ccc(O)c(N=Cc2cc(Br)cc(Cl)c2O)c1. The average molecular weight is 383 g/mol. The van der Waals surface area contributed by atoms with E-state index in [2.05, 4.69) is 34.8 Å². The maximum atomic E-state index is 9.94. The molecule has 2 aromatic rings. The lowest BCUT2D eigenvalue weighted by atomic mass is 9.98. The van der Waals surface area contributed by atoms with Crippen molar-refractivity contribution in [3.05, 3.63) is 51.0 Å². The Balaban J connectivity index is 2.38. The molecule has 2 aromatic carbocycles. The number of halogens is 2. The lowest BCUT2D eigenvalue weighted by molar-refractivity contribution is 0.474. The van der Waals surface area contributed by atoms with Crippen LogP contribution >= 0.6 is 27.5 Å². The second-order valence-electron chi connectivity index (χ2n) is 5.14. The highest BCUT2D eigenvalue weighted by Gasteiger charge is 2.08. The molecule has 0 amide bonds. The first kappa shape index (κ1) is 16.8. The zero-order chi connectivity index (χ0) is 16.3. The second kappa shape index (κ2) is 7.16. The molecule has 0 heterocycles. The van der Waals surface area contributed by atoms with Crippen molar-refractivity contribution in [3.8, 4) is 11.5 Å². The summed E-state index contributed by atoms with van der Waals surface area (Å²) in [5, 5.41) is 20.1. The molecule has 0 aromatic heterocycles. The quantitative estimate of drug-likeness (QED) is 0.659. The molecule has 1 unspecified atom stereocenters. The van der Waals surface area contributed by atoms with Gasteiger partial charge in [0.2, 0.25) is 0 Å². The summed E-state index contributed by atoms with van der Waals surface area (Å²) >= 11 is 9.25. The smallest absolute Gasteiger partial charge is 0.143 e. The first-order chi connectivity index (χ1) is 10.4. The van der Waals surface area contributed by atoms with Gasteiger partial charge in [0, 0.05) is 16.3 Å². The number of hydrogen-bond donors (Lipinski definition) is 2. The van der Waals surface area contributed by atoms with Crippen LogP contribution in [0, 0.1) is 0 Å². The topological polar surface area (TPSA) is 52.8 Å². The lowest BCUT2D eigenvalue weighted by Gasteiger charge is -2.10. The summed E-state index contributed by atoms with van der Waals surface area (Å²) in [6.07, 6.45) is 2.50. The van der Waals surface area contributed by atoms with Crippen LogP contribution in [0.15, 0.2) is 39.8 Å². The fourth-order valence-electron chi connectivity index (χ4n) is 2.01. The van der Waals surface area contributed by atoms with Crippen molar-refractivity contribution in [2.75, 3.05) is 0 Å². The van der Waals surface area contributed by atoms with Gasteiger partial charge < -0.3 is 10.2 Å². The Morgan fingerprint density at radius 2 is 2.00 bits per heavy atom. The van der Waals surface area contributed by atoms with Crippen LogP contribution in [0.5, 0.6) is 11.5 Å². The van der Waals surface area contributed by atoms with Gasteiger partial charge in [-0.1, -0.05) is 47.4 Å². The van der Waals surface area contributed by atoms with Gasteiger partial charge in [0.15, 0.2) is 0 Å². The first-order valence-corrected chi connectivity index (χ1v) is 8.14. The minimum absolute atomic E-state index is 0.0359. The summed E-state index contributed by atoms with van der Waals surface area (Å²) in [6, 6.07) is 8.71. The van der Waals surface area contributed by atoms with Gasteiger partial charge in [0.05, 0.1) is 5.02 Å². The molecule has 0 fully saturated rings. The normalized spacial score (nSPS) is 12.7. The molecule has 0 bridgehead atoms. The summed E-state index contributed by atoms with van der Waals surface area (Å²) in [5.74, 6) is 0.457. The molecule has 5 heteroatoms. The third-order valence-electron chi connectivity index (χ3n) is 3.58. The summed E-state index contributed by atoms with van der Waals surface area (Å²) < 4.78 is 0.745. The third-order valence-corrected chi connectivity index (χ3v) is 4.33. The molecular weight excluding hydrogens is 366 g/mol. The van der Waals surface area contributed by atoms with Crippen molar-refractivity contribution in [2.24, 2.45) is 4.99 Å². The molecule has 1 atom stereocenters. The molecule has 22 heavy (non-hydrogen) atoms. The van der Waals surface area contributed by atoms with Crippen molar-refractivity contribution in [1.82, 2.24) is 0 Å².